The smallest absolute Gasteiger partial charge is 0.274 e. The first-order valence-corrected chi connectivity index (χ1v) is 8.26. The zero-order valence-corrected chi connectivity index (χ0v) is 12.9. The molecule has 1 fully saturated rings. The van der Waals surface area contributed by atoms with Crippen molar-refractivity contribution in [1.82, 2.24) is 15.1 Å². The molecule has 1 aromatic heterocycles. The first kappa shape index (κ1) is 14.6. The number of carbonyl (C=O) groups is 1. The lowest BCUT2D eigenvalue weighted by molar-refractivity contribution is 0.0432. The Kier molecular flexibility index (Phi) is 4.58. The minimum Gasteiger partial charge on any atom is -0.378 e. The summed E-state index contributed by atoms with van der Waals surface area (Å²) in [5.41, 5.74) is 2.98. The number of carbonyl (C=O) groups excluding carboxylic acids is 1. The van der Waals surface area contributed by atoms with E-state index in [0.717, 1.165) is 75.9 Å². The monoisotopic (exact) mass is 291 g/mol. The van der Waals surface area contributed by atoms with Crippen molar-refractivity contribution in [3.05, 3.63) is 17.0 Å². The van der Waals surface area contributed by atoms with Crippen LogP contribution in [0.2, 0.25) is 0 Å². The predicted molar refractivity (Wildman–Crippen MR) is 80.4 cm³/mol. The highest BCUT2D eigenvalue weighted by Crippen LogP contribution is 2.24. The van der Waals surface area contributed by atoms with Gasteiger partial charge in [-0.15, -0.1) is 0 Å². The molecule has 1 amide bonds. The highest BCUT2D eigenvalue weighted by Gasteiger charge is 2.28. The normalized spacial score (nSPS) is 22.1. The number of nitrogens with zero attached hydrogens (tertiary/aromatic N) is 2. The van der Waals surface area contributed by atoms with Crippen LogP contribution >= 0.6 is 0 Å². The van der Waals surface area contributed by atoms with E-state index < -0.39 is 0 Å². The Bertz CT molecular complexity index is 498. The van der Waals surface area contributed by atoms with Crippen LogP contribution in [0.3, 0.4) is 0 Å². The molecule has 1 aromatic rings. The van der Waals surface area contributed by atoms with Crippen molar-refractivity contribution in [1.29, 1.82) is 0 Å². The van der Waals surface area contributed by atoms with E-state index in [1.165, 1.54) is 0 Å². The summed E-state index contributed by atoms with van der Waals surface area (Å²) in [6.45, 7) is 4.57. The Balaban J connectivity index is 1.62. The van der Waals surface area contributed by atoms with Crippen LogP contribution in [0.15, 0.2) is 0 Å². The number of ether oxygens (including phenoxy) is 1. The molecule has 0 unspecified atom stereocenters. The Hall–Kier alpha value is -1.36. The Labute approximate surface area is 126 Å². The molecule has 1 aliphatic heterocycles. The fourth-order valence-corrected chi connectivity index (χ4v) is 3.37. The topological polar surface area (TPSA) is 58.2 Å². The van der Waals surface area contributed by atoms with Crippen molar-refractivity contribution in [2.45, 2.75) is 58.0 Å². The van der Waals surface area contributed by atoms with Crippen molar-refractivity contribution in [2.75, 3.05) is 19.7 Å². The van der Waals surface area contributed by atoms with Crippen molar-refractivity contribution >= 4 is 5.91 Å². The summed E-state index contributed by atoms with van der Waals surface area (Å²) in [6.07, 6.45) is 7.54. The summed E-state index contributed by atoms with van der Waals surface area (Å²) in [5, 5.41) is 7.30. The maximum Gasteiger partial charge on any atom is 0.274 e. The fraction of sp³-hybridized carbons (Fsp3) is 0.750. The second kappa shape index (κ2) is 6.60. The third kappa shape index (κ3) is 3.12. The number of hydrogen-bond acceptors (Lipinski definition) is 3. The Morgan fingerprint density at radius 1 is 1.33 bits per heavy atom. The van der Waals surface area contributed by atoms with E-state index >= 15 is 0 Å². The average molecular weight is 291 g/mol. The zero-order chi connectivity index (χ0) is 14.7. The number of aromatic nitrogens is 2. The molecule has 3 rings (SSSR count). The van der Waals surface area contributed by atoms with E-state index in [9.17, 15) is 4.79 Å². The van der Waals surface area contributed by atoms with Gasteiger partial charge in [0.1, 0.15) is 0 Å². The van der Waals surface area contributed by atoms with Gasteiger partial charge in [-0.1, -0.05) is 6.92 Å². The summed E-state index contributed by atoms with van der Waals surface area (Å²) in [5.74, 6) is 0.102. The van der Waals surface area contributed by atoms with Gasteiger partial charge < -0.3 is 9.64 Å². The van der Waals surface area contributed by atoms with E-state index in [1.54, 1.807) is 0 Å². The highest BCUT2D eigenvalue weighted by molar-refractivity contribution is 5.94. The number of aryl methyl sites for hydroxylation is 1. The van der Waals surface area contributed by atoms with E-state index in [1.807, 2.05) is 4.90 Å². The van der Waals surface area contributed by atoms with Gasteiger partial charge in [0.15, 0.2) is 5.69 Å². The van der Waals surface area contributed by atoms with Gasteiger partial charge in [0, 0.05) is 31.0 Å². The summed E-state index contributed by atoms with van der Waals surface area (Å²) in [4.78, 5) is 14.7. The van der Waals surface area contributed by atoms with Crippen molar-refractivity contribution in [2.24, 2.45) is 0 Å². The Morgan fingerprint density at radius 2 is 2.24 bits per heavy atom. The predicted octanol–water partition coefficient (Wildman–Crippen LogP) is 2.32. The molecule has 2 heterocycles. The molecule has 5 nitrogen and oxygen atoms in total. The second-order valence-electron chi connectivity index (χ2n) is 6.10. The molecular formula is C16H25N3O2. The van der Waals surface area contributed by atoms with Crippen LogP contribution in [-0.2, 0) is 17.6 Å². The van der Waals surface area contributed by atoms with Crippen LogP contribution in [-0.4, -0.2) is 46.8 Å². The molecule has 1 aliphatic carbocycles. The lowest BCUT2D eigenvalue weighted by Crippen LogP contribution is -2.33. The van der Waals surface area contributed by atoms with Crippen molar-refractivity contribution < 1.29 is 9.53 Å². The molecule has 5 heteroatoms. The minimum atomic E-state index is 0.102. The summed E-state index contributed by atoms with van der Waals surface area (Å²) >= 11 is 0. The molecule has 21 heavy (non-hydrogen) atoms. The molecule has 1 saturated heterocycles. The average Bonchev–Trinajstić information content (AvgIpc) is 3.02. The highest BCUT2D eigenvalue weighted by atomic mass is 16.5. The van der Waals surface area contributed by atoms with Gasteiger partial charge in [0.2, 0.25) is 0 Å². The van der Waals surface area contributed by atoms with Gasteiger partial charge in [-0.3, -0.25) is 9.89 Å². The first-order chi connectivity index (χ1) is 10.3. The van der Waals surface area contributed by atoms with E-state index in [4.69, 9.17) is 4.74 Å². The third-order valence-corrected chi connectivity index (χ3v) is 4.53. The largest absolute Gasteiger partial charge is 0.378 e. The molecule has 0 spiro atoms. The van der Waals surface area contributed by atoms with Crippen LogP contribution in [0.4, 0.5) is 0 Å². The van der Waals surface area contributed by atoms with Gasteiger partial charge >= 0.3 is 0 Å². The molecule has 1 N–H and O–H groups in total. The maximum absolute atomic E-state index is 12.7. The SMILES string of the molecule is CCCO[C@H]1CCCN(C(=O)c2n[nH]c3c2CCC3)CC1. The molecule has 2 aliphatic rings. The molecule has 0 bridgehead atoms. The molecule has 0 radical (unpaired) electrons. The van der Waals surface area contributed by atoms with E-state index in [0.29, 0.717) is 11.8 Å². The van der Waals surface area contributed by atoms with Gasteiger partial charge in [0.25, 0.3) is 5.91 Å². The van der Waals surface area contributed by atoms with Crippen molar-refractivity contribution in [3.8, 4) is 0 Å². The first-order valence-electron chi connectivity index (χ1n) is 8.26. The van der Waals surface area contributed by atoms with Crippen LogP contribution in [0, 0.1) is 0 Å². The van der Waals surface area contributed by atoms with Gasteiger partial charge in [-0.25, -0.2) is 0 Å². The fourth-order valence-electron chi connectivity index (χ4n) is 3.37. The van der Waals surface area contributed by atoms with Gasteiger partial charge in [-0.2, -0.15) is 5.10 Å². The number of amides is 1. The third-order valence-electron chi connectivity index (χ3n) is 4.53. The number of rotatable bonds is 4. The maximum atomic E-state index is 12.7. The van der Waals surface area contributed by atoms with Crippen LogP contribution in [0.1, 0.15) is 60.8 Å². The van der Waals surface area contributed by atoms with Crippen molar-refractivity contribution in [3.63, 3.8) is 0 Å². The number of H-pyrrole nitrogens is 1. The molecular weight excluding hydrogens is 266 g/mol. The lowest BCUT2D eigenvalue weighted by Gasteiger charge is -2.20. The summed E-state index contributed by atoms with van der Waals surface area (Å²) in [7, 11) is 0. The van der Waals surface area contributed by atoms with Crippen LogP contribution in [0.25, 0.3) is 0 Å². The van der Waals surface area contributed by atoms with Gasteiger partial charge in [0.05, 0.1) is 6.10 Å². The number of nitrogens with one attached hydrogen (secondary N) is 1. The number of hydrogen-bond donors (Lipinski definition) is 1. The standard InChI is InChI=1S/C16H25N3O2/c1-2-11-21-12-5-4-9-19(10-8-12)16(20)15-13-6-3-7-14(13)17-18-15/h12H,2-11H2,1H3,(H,17,18)/t12-/m0/s1. The molecule has 116 valence electrons. The zero-order valence-electron chi connectivity index (χ0n) is 12.9. The number of likely N-dealkylation sites (tertiary alicyclic amines) is 1. The van der Waals surface area contributed by atoms with Gasteiger partial charge in [-0.05, 0) is 44.9 Å². The minimum absolute atomic E-state index is 0.102. The molecule has 1 atom stereocenters. The lowest BCUT2D eigenvalue weighted by atomic mass is 10.1. The van der Waals surface area contributed by atoms with E-state index in [-0.39, 0.29) is 5.91 Å². The Morgan fingerprint density at radius 3 is 3.10 bits per heavy atom. The molecule has 0 saturated carbocycles. The molecule has 0 aromatic carbocycles. The van der Waals surface area contributed by atoms with Crippen LogP contribution in [0.5, 0.6) is 0 Å². The summed E-state index contributed by atoms with van der Waals surface area (Å²) in [6, 6.07) is 0. The van der Waals surface area contributed by atoms with E-state index in [2.05, 4.69) is 17.1 Å². The number of fused-ring (bicyclic) bond motifs is 1. The summed E-state index contributed by atoms with van der Waals surface area (Å²) < 4.78 is 5.85. The number of aromatic amines is 1. The quantitative estimate of drug-likeness (QED) is 0.926. The van der Waals surface area contributed by atoms with Crippen LogP contribution < -0.4 is 0 Å². The second-order valence-corrected chi connectivity index (χ2v) is 6.10.